The summed E-state index contributed by atoms with van der Waals surface area (Å²) in [5.41, 5.74) is 0.542. The Balaban J connectivity index is 1.99. The number of ether oxygens (including phenoxy) is 1. The molecule has 0 bridgehead atoms. The Morgan fingerprint density at radius 3 is 2.86 bits per heavy atom. The van der Waals surface area contributed by atoms with Crippen LogP contribution in [0.3, 0.4) is 0 Å². The van der Waals surface area contributed by atoms with Gasteiger partial charge in [0.15, 0.2) is 0 Å². The van der Waals surface area contributed by atoms with Crippen LogP contribution >= 0.6 is 15.9 Å². The predicted octanol–water partition coefficient (Wildman–Crippen LogP) is 2.84. The summed E-state index contributed by atoms with van der Waals surface area (Å²) in [6, 6.07) is 4.19. The molecule has 2 rings (SSSR count). The quantitative estimate of drug-likeness (QED) is 0.776. The molecule has 7 heteroatoms. The number of aromatic carboxylic acids is 1. The first-order chi connectivity index (χ1) is 9.95. The number of rotatable bonds is 3. The van der Waals surface area contributed by atoms with Crippen molar-refractivity contribution in [2.45, 2.75) is 31.9 Å². The Hall–Kier alpha value is -1.60. The molecule has 0 spiro atoms. The van der Waals surface area contributed by atoms with E-state index in [0.29, 0.717) is 16.8 Å². The van der Waals surface area contributed by atoms with Crippen LogP contribution in [0.4, 0.5) is 10.5 Å². The number of nitrogens with one attached hydrogen (secondary N) is 2. The van der Waals surface area contributed by atoms with Gasteiger partial charge in [-0.05, 0) is 53.9 Å². The molecule has 1 saturated heterocycles. The minimum Gasteiger partial charge on any atom is -0.478 e. The van der Waals surface area contributed by atoms with Crippen molar-refractivity contribution in [2.75, 3.05) is 11.9 Å². The highest BCUT2D eigenvalue weighted by Gasteiger charge is 2.21. The summed E-state index contributed by atoms with van der Waals surface area (Å²) in [6.45, 7) is 2.60. The molecule has 2 amide bonds. The summed E-state index contributed by atoms with van der Waals surface area (Å²) in [5, 5.41) is 14.5. The van der Waals surface area contributed by atoms with Crippen molar-refractivity contribution in [1.82, 2.24) is 5.32 Å². The van der Waals surface area contributed by atoms with Crippen LogP contribution in [0.15, 0.2) is 22.7 Å². The van der Waals surface area contributed by atoms with Crippen LogP contribution < -0.4 is 10.6 Å². The molecule has 1 aromatic carbocycles. The van der Waals surface area contributed by atoms with Crippen LogP contribution in [0.25, 0.3) is 0 Å². The van der Waals surface area contributed by atoms with Gasteiger partial charge in [-0.15, -0.1) is 0 Å². The Bertz CT molecular complexity index is 550. The van der Waals surface area contributed by atoms with E-state index in [-0.39, 0.29) is 23.7 Å². The fourth-order valence-electron chi connectivity index (χ4n) is 2.23. The summed E-state index contributed by atoms with van der Waals surface area (Å²) < 4.78 is 6.05. The van der Waals surface area contributed by atoms with Crippen molar-refractivity contribution in [3.8, 4) is 0 Å². The lowest BCUT2D eigenvalue weighted by Gasteiger charge is -2.28. The van der Waals surface area contributed by atoms with Crippen LogP contribution in [0, 0.1) is 0 Å². The number of carbonyl (C=O) groups excluding carboxylic acids is 1. The molecule has 21 heavy (non-hydrogen) atoms. The van der Waals surface area contributed by atoms with Gasteiger partial charge in [0.2, 0.25) is 0 Å². The number of carboxylic acid groups (broad SMARTS) is 1. The molecule has 0 radical (unpaired) electrons. The number of carbonyl (C=O) groups is 2. The molecule has 1 fully saturated rings. The second kappa shape index (κ2) is 6.91. The molecule has 0 aliphatic carbocycles. The topological polar surface area (TPSA) is 87.7 Å². The van der Waals surface area contributed by atoms with E-state index >= 15 is 0 Å². The second-order valence-electron chi connectivity index (χ2n) is 5.00. The van der Waals surface area contributed by atoms with Gasteiger partial charge >= 0.3 is 12.0 Å². The minimum atomic E-state index is -1.04. The normalized spacial score (nSPS) is 21.6. The third-order valence-electron chi connectivity index (χ3n) is 3.28. The van der Waals surface area contributed by atoms with Gasteiger partial charge in [0.05, 0.1) is 17.4 Å². The van der Waals surface area contributed by atoms with Crippen molar-refractivity contribution in [3.63, 3.8) is 0 Å². The first-order valence-electron chi connectivity index (χ1n) is 6.67. The second-order valence-corrected chi connectivity index (χ2v) is 5.86. The summed E-state index contributed by atoms with van der Waals surface area (Å²) in [5.74, 6) is -1.04. The van der Waals surface area contributed by atoms with E-state index < -0.39 is 5.97 Å². The molecule has 114 valence electrons. The molecule has 2 unspecified atom stereocenters. The van der Waals surface area contributed by atoms with Crippen molar-refractivity contribution >= 4 is 33.6 Å². The van der Waals surface area contributed by atoms with Gasteiger partial charge in [-0.3, -0.25) is 0 Å². The highest BCUT2D eigenvalue weighted by atomic mass is 79.9. The lowest BCUT2D eigenvalue weighted by Crippen LogP contribution is -2.43. The van der Waals surface area contributed by atoms with Gasteiger partial charge in [0.1, 0.15) is 0 Å². The van der Waals surface area contributed by atoms with E-state index in [2.05, 4.69) is 26.6 Å². The standard InChI is InChI=1S/C14H17BrN2O4/c1-8-6-10(4-5-21-8)16-14(20)17-12-7-9(13(18)19)2-3-11(12)15/h2-3,7-8,10H,4-6H2,1H3,(H,18,19)(H2,16,17,20). The number of benzene rings is 1. The predicted molar refractivity (Wildman–Crippen MR) is 81.7 cm³/mol. The zero-order valence-electron chi connectivity index (χ0n) is 11.6. The molecule has 2 atom stereocenters. The highest BCUT2D eigenvalue weighted by Crippen LogP contribution is 2.24. The molecule has 1 heterocycles. The van der Waals surface area contributed by atoms with Crippen LogP contribution in [0.2, 0.25) is 0 Å². The number of hydrogen-bond donors (Lipinski definition) is 3. The minimum absolute atomic E-state index is 0.0650. The Morgan fingerprint density at radius 1 is 1.43 bits per heavy atom. The summed E-state index contributed by atoms with van der Waals surface area (Å²) >= 11 is 3.29. The molecule has 1 aromatic rings. The lowest BCUT2D eigenvalue weighted by molar-refractivity contribution is 0.0157. The molecular formula is C14H17BrN2O4. The van der Waals surface area contributed by atoms with Crippen LogP contribution in [0.5, 0.6) is 0 Å². The average Bonchev–Trinajstić information content (AvgIpc) is 2.41. The van der Waals surface area contributed by atoms with E-state index in [9.17, 15) is 9.59 Å². The molecule has 1 aliphatic rings. The maximum absolute atomic E-state index is 12.0. The SMILES string of the molecule is CC1CC(NC(=O)Nc2cc(C(=O)O)ccc2Br)CCO1. The Labute approximate surface area is 131 Å². The van der Waals surface area contributed by atoms with Gasteiger partial charge < -0.3 is 20.5 Å². The maximum atomic E-state index is 12.0. The number of halogens is 1. The fraction of sp³-hybridized carbons (Fsp3) is 0.429. The summed E-state index contributed by atoms with van der Waals surface area (Å²) in [6.07, 6.45) is 1.67. The van der Waals surface area contributed by atoms with Crippen molar-refractivity contribution in [1.29, 1.82) is 0 Å². The number of carboxylic acids is 1. The monoisotopic (exact) mass is 356 g/mol. The van der Waals surface area contributed by atoms with Gasteiger partial charge in [-0.1, -0.05) is 0 Å². The Morgan fingerprint density at radius 2 is 2.19 bits per heavy atom. The fourth-order valence-corrected chi connectivity index (χ4v) is 2.57. The number of urea groups is 1. The van der Waals surface area contributed by atoms with E-state index in [1.165, 1.54) is 12.1 Å². The summed E-state index contributed by atoms with van der Waals surface area (Å²) in [4.78, 5) is 22.9. The molecule has 1 aliphatic heterocycles. The number of hydrogen-bond acceptors (Lipinski definition) is 3. The Kier molecular flexibility index (Phi) is 5.19. The lowest BCUT2D eigenvalue weighted by atomic mass is 10.0. The van der Waals surface area contributed by atoms with Crippen LogP contribution in [-0.4, -0.2) is 35.9 Å². The first kappa shape index (κ1) is 15.8. The number of amides is 2. The first-order valence-corrected chi connectivity index (χ1v) is 7.47. The van der Waals surface area contributed by atoms with E-state index in [1.54, 1.807) is 6.07 Å². The molecule has 0 saturated carbocycles. The van der Waals surface area contributed by atoms with Crippen LogP contribution in [-0.2, 0) is 4.74 Å². The van der Waals surface area contributed by atoms with Crippen molar-refractivity contribution in [3.05, 3.63) is 28.2 Å². The molecule has 3 N–H and O–H groups in total. The maximum Gasteiger partial charge on any atom is 0.335 e. The smallest absolute Gasteiger partial charge is 0.335 e. The average molecular weight is 357 g/mol. The third kappa shape index (κ3) is 4.44. The zero-order valence-corrected chi connectivity index (χ0v) is 13.1. The van der Waals surface area contributed by atoms with Crippen LogP contribution in [0.1, 0.15) is 30.1 Å². The zero-order chi connectivity index (χ0) is 15.4. The van der Waals surface area contributed by atoms with E-state index in [1.807, 2.05) is 6.92 Å². The van der Waals surface area contributed by atoms with Gasteiger partial charge in [-0.2, -0.15) is 0 Å². The molecule has 6 nitrogen and oxygen atoms in total. The van der Waals surface area contributed by atoms with Crippen molar-refractivity contribution < 1.29 is 19.4 Å². The highest BCUT2D eigenvalue weighted by molar-refractivity contribution is 9.10. The molecule has 0 aromatic heterocycles. The summed E-state index contributed by atoms with van der Waals surface area (Å²) in [7, 11) is 0. The van der Waals surface area contributed by atoms with E-state index in [0.717, 1.165) is 12.8 Å². The van der Waals surface area contributed by atoms with Gasteiger partial charge in [-0.25, -0.2) is 9.59 Å². The van der Waals surface area contributed by atoms with Gasteiger partial charge in [0, 0.05) is 17.1 Å². The molecular weight excluding hydrogens is 340 g/mol. The van der Waals surface area contributed by atoms with E-state index in [4.69, 9.17) is 9.84 Å². The van der Waals surface area contributed by atoms with Gasteiger partial charge in [0.25, 0.3) is 0 Å². The number of anilines is 1. The largest absolute Gasteiger partial charge is 0.478 e. The third-order valence-corrected chi connectivity index (χ3v) is 3.97. The van der Waals surface area contributed by atoms with Crippen molar-refractivity contribution in [2.24, 2.45) is 0 Å².